The average Bonchev–Trinajstić information content (AvgIpc) is 3.16. The molecule has 0 unspecified atom stereocenters. The van der Waals surface area contributed by atoms with Gasteiger partial charge in [-0.05, 0) is 24.6 Å². The molecule has 2 amide bonds. The summed E-state index contributed by atoms with van der Waals surface area (Å²) in [5, 5.41) is 4.91. The Kier molecular flexibility index (Phi) is 3.31. The van der Waals surface area contributed by atoms with Gasteiger partial charge in [0.25, 0.3) is 17.5 Å². The molecule has 0 saturated heterocycles. The monoisotopic (exact) mass is 337 g/mol. The SMILES string of the molecule is CCc1noc2ncc(C(=O)ON3C(=O)c4ccccc4C3=O)cc12. The fourth-order valence-electron chi connectivity index (χ4n) is 2.63. The maximum atomic E-state index is 12.3. The summed E-state index contributed by atoms with van der Waals surface area (Å²) in [6.07, 6.45) is 1.85. The van der Waals surface area contributed by atoms with Crippen molar-refractivity contribution in [2.45, 2.75) is 13.3 Å². The Balaban J connectivity index is 1.63. The highest BCUT2D eigenvalue weighted by atomic mass is 16.7. The van der Waals surface area contributed by atoms with E-state index in [1.54, 1.807) is 12.1 Å². The molecule has 25 heavy (non-hydrogen) atoms. The Morgan fingerprint density at radius 1 is 1.20 bits per heavy atom. The quantitative estimate of drug-likeness (QED) is 0.675. The third-order valence-electron chi connectivity index (χ3n) is 3.91. The van der Waals surface area contributed by atoms with Crippen molar-refractivity contribution in [3.05, 3.63) is 58.9 Å². The van der Waals surface area contributed by atoms with Gasteiger partial charge in [-0.2, -0.15) is 0 Å². The van der Waals surface area contributed by atoms with Crippen LogP contribution < -0.4 is 0 Å². The number of benzene rings is 1. The second kappa shape index (κ2) is 5.52. The molecule has 0 atom stereocenters. The number of pyridine rings is 1. The van der Waals surface area contributed by atoms with Crippen molar-refractivity contribution in [2.75, 3.05) is 0 Å². The van der Waals surface area contributed by atoms with E-state index in [9.17, 15) is 14.4 Å². The zero-order valence-electron chi connectivity index (χ0n) is 13.1. The number of carbonyl (C=O) groups excluding carboxylic acids is 3. The molecule has 3 aromatic rings. The van der Waals surface area contributed by atoms with Crippen molar-refractivity contribution in [3.63, 3.8) is 0 Å². The summed E-state index contributed by atoms with van der Waals surface area (Å²) >= 11 is 0. The third-order valence-corrected chi connectivity index (χ3v) is 3.91. The summed E-state index contributed by atoms with van der Waals surface area (Å²) in [6.45, 7) is 1.89. The van der Waals surface area contributed by atoms with Crippen molar-refractivity contribution in [1.82, 2.24) is 15.2 Å². The molecular formula is C17H11N3O5. The van der Waals surface area contributed by atoms with Crippen LogP contribution in [0.15, 0.2) is 41.1 Å². The Bertz CT molecular complexity index is 1000. The molecule has 3 heterocycles. The smallest absolute Gasteiger partial charge is 0.336 e. The van der Waals surface area contributed by atoms with E-state index >= 15 is 0 Å². The van der Waals surface area contributed by atoms with Gasteiger partial charge in [0, 0.05) is 6.20 Å². The van der Waals surface area contributed by atoms with Gasteiger partial charge in [-0.15, -0.1) is 0 Å². The van der Waals surface area contributed by atoms with E-state index in [1.807, 2.05) is 6.92 Å². The Hall–Kier alpha value is -3.55. The van der Waals surface area contributed by atoms with Crippen molar-refractivity contribution in [3.8, 4) is 0 Å². The number of aromatic nitrogens is 2. The average molecular weight is 337 g/mol. The van der Waals surface area contributed by atoms with Crippen LogP contribution in [-0.2, 0) is 11.3 Å². The van der Waals surface area contributed by atoms with Gasteiger partial charge in [-0.3, -0.25) is 9.59 Å². The molecule has 8 heteroatoms. The van der Waals surface area contributed by atoms with Crippen LogP contribution in [0.5, 0.6) is 0 Å². The topological polar surface area (TPSA) is 103 Å². The highest BCUT2D eigenvalue weighted by molar-refractivity contribution is 6.21. The fraction of sp³-hybridized carbons (Fsp3) is 0.118. The number of hydroxylamine groups is 2. The first-order chi connectivity index (χ1) is 12.1. The number of imide groups is 1. The summed E-state index contributed by atoms with van der Waals surface area (Å²) < 4.78 is 5.05. The molecule has 1 aliphatic heterocycles. The van der Waals surface area contributed by atoms with Crippen molar-refractivity contribution in [2.24, 2.45) is 0 Å². The molecular weight excluding hydrogens is 326 g/mol. The number of rotatable bonds is 3. The van der Waals surface area contributed by atoms with E-state index < -0.39 is 17.8 Å². The molecule has 0 N–H and O–H groups in total. The standard InChI is InChI=1S/C17H11N3O5/c1-2-13-12-7-9(8-18-14(12)24-19-13)17(23)25-20-15(21)10-5-3-4-6-11(10)16(20)22/h3-8H,2H2,1H3. The number of nitrogens with zero attached hydrogens (tertiary/aromatic N) is 3. The summed E-state index contributed by atoms with van der Waals surface area (Å²) in [4.78, 5) is 45.8. The Morgan fingerprint density at radius 2 is 1.88 bits per heavy atom. The predicted octanol–water partition coefficient (Wildman–Crippen LogP) is 2.15. The van der Waals surface area contributed by atoms with Crippen LogP contribution >= 0.6 is 0 Å². The normalized spacial score (nSPS) is 13.4. The van der Waals surface area contributed by atoms with Gasteiger partial charge < -0.3 is 9.36 Å². The number of aryl methyl sites for hydroxylation is 1. The van der Waals surface area contributed by atoms with E-state index in [4.69, 9.17) is 9.36 Å². The van der Waals surface area contributed by atoms with E-state index in [2.05, 4.69) is 10.1 Å². The van der Waals surface area contributed by atoms with Gasteiger partial charge >= 0.3 is 5.97 Å². The maximum Gasteiger partial charge on any atom is 0.365 e. The zero-order valence-corrected chi connectivity index (χ0v) is 13.1. The third kappa shape index (κ3) is 2.26. The second-order valence-corrected chi connectivity index (χ2v) is 5.39. The second-order valence-electron chi connectivity index (χ2n) is 5.39. The molecule has 2 aromatic heterocycles. The molecule has 0 bridgehead atoms. The van der Waals surface area contributed by atoms with Gasteiger partial charge in [-0.1, -0.05) is 29.3 Å². The van der Waals surface area contributed by atoms with Gasteiger partial charge in [0.15, 0.2) is 0 Å². The number of fused-ring (bicyclic) bond motifs is 2. The van der Waals surface area contributed by atoms with Gasteiger partial charge in [0.1, 0.15) is 0 Å². The molecule has 0 saturated carbocycles. The fourth-order valence-corrected chi connectivity index (χ4v) is 2.63. The maximum absolute atomic E-state index is 12.3. The molecule has 0 fully saturated rings. The lowest BCUT2D eigenvalue weighted by Crippen LogP contribution is -2.32. The zero-order chi connectivity index (χ0) is 17.6. The minimum Gasteiger partial charge on any atom is -0.336 e. The van der Waals surface area contributed by atoms with E-state index in [0.717, 1.165) is 0 Å². The van der Waals surface area contributed by atoms with Crippen LogP contribution in [0.4, 0.5) is 0 Å². The molecule has 1 aliphatic rings. The van der Waals surface area contributed by atoms with Gasteiger partial charge in [0.05, 0.1) is 27.8 Å². The number of carbonyl (C=O) groups is 3. The minimum absolute atomic E-state index is 0.0851. The van der Waals surface area contributed by atoms with E-state index in [-0.39, 0.29) is 16.7 Å². The summed E-state index contributed by atoms with van der Waals surface area (Å²) in [5.74, 6) is -2.23. The molecule has 0 aliphatic carbocycles. The first-order valence-electron chi connectivity index (χ1n) is 7.54. The first kappa shape index (κ1) is 15.0. The van der Waals surface area contributed by atoms with Crippen LogP contribution in [-0.4, -0.2) is 33.0 Å². The number of amides is 2. The van der Waals surface area contributed by atoms with Crippen molar-refractivity contribution in [1.29, 1.82) is 0 Å². The lowest BCUT2D eigenvalue weighted by Gasteiger charge is -2.12. The highest BCUT2D eigenvalue weighted by Gasteiger charge is 2.38. The lowest BCUT2D eigenvalue weighted by molar-refractivity contribution is -0.0584. The highest BCUT2D eigenvalue weighted by Crippen LogP contribution is 2.24. The molecule has 0 spiro atoms. The van der Waals surface area contributed by atoms with Crippen LogP contribution in [0, 0.1) is 0 Å². The van der Waals surface area contributed by atoms with Crippen molar-refractivity contribution >= 4 is 28.9 Å². The van der Waals surface area contributed by atoms with Crippen LogP contribution in [0.2, 0.25) is 0 Å². The Labute approximate surface area is 140 Å². The van der Waals surface area contributed by atoms with Crippen LogP contribution in [0.3, 0.4) is 0 Å². The molecule has 124 valence electrons. The molecule has 8 nitrogen and oxygen atoms in total. The van der Waals surface area contributed by atoms with E-state index in [0.29, 0.717) is 28.3 Å². The Morgan fingerprint density at radius 3 is 2.52 bits per heavy atom. The van der Waals surface area contributed by atoms with Crippen molar-refractivity contribution < 1.29 is 23.7 Å². The van der Waals surface area contributed by atoms with Crippen LogP contribution in [0.1, 0.15) is 43.7 Å². The van der Waals surface area contributed by atoms with Gasteiger partial charge in [0.2, 0.25) is 0 Å². The number of hydrogen-bond acceptors (Lipinski definition) is 7. The minimum atomic E-state index is -0.868. The molecule has 1 aromatic carbocycles. The summed E-state index contributed by atoms with van der Waals surface area (Å²) in [5.41, 5.74) is 1.43. The predicted molar refractivity (Wildman–Crippen MR) is 83.5 cm³/mol. The summed E-state index contributed by atoms with van der Waals surface area (Å²) in [6, 6.07) is 7.78. The largest absolute Gasteiger partial charge is 0.365 e. The van der Waals surface area contributed by atoms with Gasteiger partial charge in [-0.25, -0.2) is 9.78 Å². The number of hydrogen-bond donors (Lipinski definition) is 0. The lowest BCUT2D eigenvalue weighted by atomic mass is 10.1. The molecule has 0 radical (unpaired) electrons. The first-order valence-corrected chi connectivity index (χ1v) is 7.54. The molecule has 4 rings (SSSR count). The van der Waals surface area contributed by atoms with E-state index in [1.165, 1.54) is 24.4 Å². The van der Waals surface area contributed by atoms with Crippen LogP contribution in [0.25, 0.3) is 11.1 Å². The summed E-state index contributed by atoms with van der Waals surface area (Å²) in [7, 11) is 0.